The number of amides is 2. The molecule has 0 bridgehead atoms. The summed E-state index contributed by atoms with van der Waals surface area (Å²) in [6, 6.07) is 17.0. The molecule has 2 amide bonds. The van der Waals surface area contributed by atoms with E-state index in [1.54, 1.807) is 17.8 Å². The number of nitrogens with one attached hydrogen (secondary N) is 1. The highest BCUT2D eigenvalue weighted by Crippen LogP contribution is 2.17. The van der Waals surface area contributed by atoms with Crippen molar-refractivity contribution in [1.29, 1.82) is 0 Å². The highest BCUT2D eigenvalue weighted by Gasteiger charge is 2.28. The highest BCUT2D eigenvalue weighted by molar-refractivity contribution is 9.10. The van der Waals surface area contributed by atoms with Gasteiger partial charge in [-0.1, -0.05) is 54.6 Å². The minimum Gasteiger partial charge on any atom is -0.340 e. The molecule has 32 heavy (non-hydrogen) atoms. The Morgan fingerprint density at radius 1 is 1.06 bits per heavy atom. The van der Waals surface area contributed by atoms with Gasteiger partial charge in [0.1, 0.15) is 6.04 Å². The summed E-state index contributed by atoms with van der Waals surface area (Å²) in [5, 5.41) is 2.97. The fourth-order valence-corrected chi connectivity index (χ4v) is 4.58. The van der Waals surface area contributed by atoms with Crippen molar-refractivity contribution in [3.05, 3.63) is 76.3 Å². The van der Waals surface area contributed by atoms with Crippen LogP contribution in [0.15, 0.2) is 65.1 Å². The van der Waals surface area contributed by atoms with E-state index in [2.05, 4.69) is 50.4 Å². The first-order chi connectivity index (χ1) is 15.6. The highest BCUT2D eigenvalue weighted by atomic mass is 79.9. The van der Waals surface area contributed by atoms with Gasteiger partial charge in [-0.3, -0.25) is 14.5 Å². The van der Waals surface area contributed by atoms with Gasteiger partial charge in [-0.2, -0.15) is 11.8 Å². The van der Waals surface area contributed by atoms with Crippen molar-refractivity contribution < 1.29 is 9.59 Å². The summed E-state index contributed by atoms with van der Waals surface area (Å²) in [6.45, 7) is 3.89. The largest absolute Gasteiger partial charge is 0.340 e. The van der Waals surface area contributed by atoms with Gasteiger partial charge in [0.05, 0.1) is 5.56 Å². The predicted molar refractivity (Wildman–Crippen MR) is 137 cm³/mol. The average Bonchev–Trinajstić information content (AvgIpc) is 2.82. The molecule has 1 fully saturated rings. The van der Waals surface area contributed by atoms with Gasteiger partial charge in [-0.05, 0) is 52.1 Å². The van der Waals surface area contributed by atoms with E-state index in [9.17, 15) is 9.59 Å². The van der Waals surface area contributed by atoms with E-state index in [-0.39, 0.29) is 11.8 Å². The molecule has 0 aliphatic carbocycles. The zero-order valence-corrected chi connectivity index (χ0v) is 20.8. The Labute approximate surface area is 203 Å². The molecule has 0 saturated carbocycles. The van der Waals surface area contributed by atoms with E-state index >= 15 is 0 Å². The van der Waals surface area contributed by atoms with E-state index in [0.717, 1.165) is 29.9 Å². The molecule has 1 aliphatic rings. The number of carbonyl (C=O) groups excluding carboxylic acids is 2. The fraction of sp³-hybridized carbons (Fsp3) is 0.360. The van der Waals surface area contributed by atoms with Crippen molar-refractivity contribution >= 4 is 45.6 Å². The third kappa shape index (κ3) is 7.22. The van der Waals surface area contributed by atoms with Crippen LogP contribution in [0.25, 0.3) is 6.08 Å². The van der Waals surface area contributed by atoms with E-state index in [1.807, 2.05) is 47.6 Å². The summed E-state index contributed by atoms with van der Waals surface area (Å²) >= 11 is 5.10. The van der Waals surface area contributed by atoms with Gasteiger partial charge in [0, 0.05) is 37.2 Å². The first-order valence-corrected chi connectivity index (χ1v) is 13.0. The van der Waals surface area contributed by atoms with E-state index in [1.165, 1.54) is 5.56 Å². The maximum Gasteiger partial charge on any atom is 0.253 e. The topological polar surface area (TPSA) is 52.7 Å². The van der Waals surface area contributed by atoms with Gasteiger partial charge in [0.2, 0.25) is 5.91 Å². The first-order valence-electron chi connectivity index (χ1n) is 10.9. The number of nitrogens with zero attached hydrogens (tertiary/aromatic N) is 2. The van der Waals surface area contributed by atoms with Crippen LogP contribution < -0.4 is 5.32 Å². The number of halogens is 1. The lowest BCUT2D eigenvalue weighted by Crippen LogP contribution is -2.55. The molecule has 0 radical (unpaired) electrons. The molecule has 1 saturated heterocycles. The molecule has 1 atom stereocenters. The molecule has 2 aromatic rings. The second-order valence-electron chi connectivity index (χ2n) is 7.73. The van der Waals surface area contributed by atoms with Gasteiger partial charge >= 0.3 is 0 Å². The molecule has 7 heteroatoms. The van der Waals surface area contributed by atoms with Crippen LogP contribution in [0.5, 0.6) is 0 Å². The van der Waals surface area contributed by atoms with Crippen LogP contribution in [0.1, 0.15) is 22.3 Å². The first kappa shape index (κ1) is 24.6. The molecular formula is C25H30BrN3O2S. The zero-order chi connectivity index (χ0) is 22.8. The number of piperazine rings is 1. The second kappa shape index (κ2) is 12.8. The minimum absolute atomic E-state index is 0.0129. The Balaban J connectivity index is 1.53. The molecule has 1 aliphatic heterocycles. The minimum atomic E-state index is -0.508. The standard InChI is InChI=1S/C25H30BrN3O2S/c1-32-19-13-23(27-24(30)21-11-5-6-12-22(21)26)25(31)29-17-15-28(16-18-29)14-7-10-20-8-3-2-4-9-20/h2-12,23H,13-19H2,1H3,(H,27,30)/b10-7+/t23-/m1/s1. The van der Waals surface area contributed by atoms with E-state index < -0.39 is 6.04 Å². The number of rotatable bonds is 9. The van der Waals surface area contributed by atoms with Gasteiger partial charge in [0.25, 0.3) is 5.91 Å². The summed E-state index contributed by atoms with van der Waals surface area (Å²) < 4.78 is 0.728. The van der Waals surface area contributed by atoms with Crippen LogP contribution >= 0.6 is 27.7 Å². The van der Waals surface area contributed by atoms with Gasteiger partial charge in [-0.25, -0.2) is 0 Å². The molecule has 5 nitrogen and oxygen atoms in total. The molecule has 1 heterocycles. The Morgan fingerprint density at radius 3 is 2.44 bits per heavy atom. The van der Waals surface area contributed by atoms with Gasteiger partial charge in [0.15, 0.2) is 0 Å². The number of thioether (sulfide) groups is 1. The third-order valence-electron chi connectivity index (χ3n) is 5.49. The zero-order valence-electron chi connectivity index (χ0n) is 18.4. The number of benzene rings is 2. The third-order valence-corrected chi connectivity index (χ3v) is 6.83. The van der Waals surface area contributed by atoms with Crippen molar-refractivity contribution in [3.8, 4) is 0 Å². The summed E-state index contributed by atoms with van der Waals surface area (Å²) in [5.74, 6) is 0.609. The van der Waals surface area contributed by atoms with Crippen LogP contribution in [0.3, 0.4) is 0 Å². The van der Waals surface area contributed by atoms with Crippen molar-refractivity contribution in [2.45, 2.75) is 12.5 Å². The van der Waals surface area contributed by atoms with Crippen molar-refractivity contribution in [3.63, 3.8) is 0 Å². The lowest BCUT2D eigenvalue weighted by atomic mass is 10.1. The summed E-state index contributed by atoms with van der Waals surface area (Å²) in [5.41, 5.74) is 1.74. The predicted octanol–water partition coefficient (Wildman–Crippen LogP) is 4.16. The molecule has 2 aromatic carbocycles. The summed E-state index contributed by atoms with van der Waals surface area (Å²) in [7, 11) is 0. The van der Waals surface area contributed by atoms with Crippen molar-refractivity contribution in [1.82, 2.24) is 15.1 Å². The van der Waals surface area contributed by atoms with E-state index in [0.29, 0.717) is 25.1 Å². The average molecular weight is 517 g/mol. The molecule has 1 N–H and O–H groups in total. The lowest BCUT2D eigenvalue weighted by Gasteiger charge is -2.36. The van der Waals surface area contributed by atoms with Crippen LogP contribution in [-0.2, 0) is 4.79 Å². The second-order valence-corrected chi connectivity index (χ2v) is 9.57. The SMILES string of the molecule is CSCC[C@@H](NC(=O)c1ccccc1Br)C(=O)N1CCN(C/C=C/c2ccccc2)CC1. The number of hydrogen-bond acceptors (Lipinski definition) is 4. The lowest BCUT2D eigenvalue weighted by molar-refractivity contribution is -0.135. The molecule has 170 valence electrons. The Morgan fingerprint density at radius 2 is 1.75 bits per heavy atom. The van der Waals surface area contributed by atoms with Crippen LogP contribution in [0, 0.1) is 0 Å². The quantitative estimate of drug-likeness (QED) is 0.544. The smallest absolute Gasteiger partial charge is 0.253 e. The Kier molecular flexibility index (Phi) is 9.84. The summed E-state index contributed by atoms with van der Waals surface area (Å²) in [4.78, 5) is 30.2. The van der Waals surface area contributed by atoms with Gasteiger partial charge in [-0.15, -0.1) is 0 Å². The maximum atomic E-state index is 13.2. The van der Waals surface area contributed by atoms with Crippen LogP contribution in [-0.4, -0.2) is 72.4 Å². The number of hydrogen-bond donors (Lipinski definition) is 1. The van der Waals surface area contributed by atoms with Crippen LogP contribution in [0.4, 0.5) is 0 Å². The molecular weight excluding hydrogens is 486 g/mol. The Bertz CT molecular complexity index is 914. The summed E-state index contributed by atoms with van der Waals surface area (Å²) in [6.07, 6.45) is 6.94. The maximum absolute atomic E-state index is 13.2. The van der Waals surface area contributed by atoms with Crippen LogP contribution in [0.2, 0.25) is 0 Å². The molecule has 3 rings (SSSR count). The van der Waals surface area contributed by atoms with E-state index in [4.69, 9.17) is 0 Å². The van der Waals surface area contributed by atoms with Crippen molar-refractivity contribution in [2.75, 3.05) is 44.7 Å². The molecule has 0 spiro atoms. The normalized spacial score (nSPS) is 15.6. The number of carbonyl (C=O) groups is 2. The molecule has 0 unspecified atom stereocenters. The fourth-order valence-electron chi connectivity index (χ4n) is 3.65. The monoisotopic (exact) mass is 515 g/mol. The van der Waals surface area contributed by atoms with Gasteiger partial charge < -0.3 is 10.2 Å². The molecule has 0 aromatic heterocycles. The Hall–Kier alpha value is -2.09. The van der Waals surface area contributed by atoms with Crippen molar-refractivity contribution in [2.24, 2.45) is 0 Å².